The fourth-order valence-corrected chi connectivity index (χ4v) is 1.72. The minimum Gasteiger partial charge on any atom is -0.303 e. The molecule has 24 heavy (non-hydrogen) atoms. The van der Waals surface area contributed by atoms with E-state index in [0.29, 0.717) is 25.4 Å². The number of aryl methyl sites for hydroxylation is 1. The van der Waals surface area contributed by atoms with E-state index in [-0.39, 0.29) is 6.42 Å². The average molecular weight is 340 g/mol. The summed E-state index contributed by atoms with van der Waals surface area (Å²) in [6.07, 6.45) is -1.17. The molecular formula is C19H20F4O. The van der Waals surface area contributed by atoms with Crippen LogP contribution in [0.25, 0.3) is 6.08 Å². The van der Waals surface area contributed by atoms with Crippen molar-refractivity contribution in [3.8, 4) is 0 Å². The molecule has 0 saturated heterocycles. The van der Waals surface area contributed by atoms with E-state index in [1.54, 1.807) is 6.07 Å². The predicted molar refractivity (Wildman–Crippen MR) is 89.4 cm³/mol. The SMILES string of the molecule is C=Cc1ccccc1.CF.O=CCCc1cccc(C(F)(F)F)c1. The monoisotopic (exact) mass is 340 g/mol. The van der Waals surface area contributed by atoms with Gasteiger partial charge in [0.15, 0.2) is 0 Å². The molecule has 2 aromatic rings. The quantitative estimate of drug-likeness (QED) is 0.511. The minimum absolute atomic E-state index is 0.251. The Morgan fingerprint density at radius 1 is 1.00 bits per heavy atom. The van der Waals surface area contributed by atoms with Gasteiger partial charge in [-0.25, -0.2) is 0 Å². The topological polar surface area (TPSA) is 17.1 Å². The molecular weight excluding hydrogens is 320 g/mol. The van der Waals surface area contributed by atoms with Crippen LogP contribution in [-0.4, -0.2) is 13.5 Å². The number of hydrogen-bond donors (Lipinski definition) is 0. The number of rotatable bonds is 4. The second-order valence-electron chi connectivity index (χ2n) is 4.52. The van der Waals surface area contributed by atoms with Gasteiger partial charge in [0.05, 0.1) is 12.7 Å². The van der Waals surface area contributed by atoms with Crippen molar-refractivity contribution in [3.63, 3.8) is 0 Å². The lowest BCUT2D eigenvalue weighted by Crippen LogP contribution is -2.05. The van der Waals surface area contributed by atoms with E-state index in [0.717, 1.165) is 12.1 Å². The highest BCUT2D eigenvalue weighted by Crippen LogP contribution is 2.29. The van der Waals surface area contributed by atoms with Crippen LogP contribution in [0.1, 0.15) is 23.1 Å². The number of benzene rings is 2. The predicted octanol–water partition coefficient (Wildman–Crippen LogP) is 5.75. The lowest BCUT2D eigenvalue weighted by molar-refractivity contribution is -0.137. The van der Waals surface area contributed by atoms with Gasteiger partial charge in [0.1, 0.15) is 6.29 Å². The van der Waals surface area contributed by atoms with Crippen molar-refractivity contribution >= 4 is 12.4 Å². The molecule has 0 radical (unpaired) electrons. The Balaban J connectivity index is 0.000000447. The second-order valence-corrected chi connectivity index (χ2v) is 4.52. The maximum absolute atomic E-state index is 12.2. The van der Waals surface area contributed by atoms with E-state index < -0.39 is 11.7 Å². The van der Waals surface area contributed by atoms with Crippen molar-refractivity contribution < 1.29 is 22.4 Å². The molecule has 0 aliphatic carbocycles. The molecule has 2 rings (SSSR count). The van der Waals surface area contributed by atoms with Crippen LogP contribution in [0, 0.1) is 0 Å². The van der Waals surface area contributed by atoms with Crippen LogP contribution in [0.3, 0.4) is 0 Å². The van der Waals surface area contributed by atoms with Crippen LogP contribution >= 0.6 is 0 Å². The van der Waals surface area contributed by atoms with E-state index in [2.05, 4.69) is 6.58 Å². The molecule has 1 nitrogen and oxygen atoms in total. The summed E-state index contributed by atoms with van der Waals surface area (Å²) in [4.78, 5) is 10.0. The minimum atomic E-state index is -4.31. The molecule has 2 aromatic carbocycles. The zero-order valence-electron chi connectivity index (χ0n) is 13.4. The third kappa shape index (κ3) is 8.88. The van der Waals surface area contributed by atoms with Crippen molar-refractivity contribution in [3.05, 3.63) is 77.9 Å². The van der Waals surface area contributed by atoms with E-state index in [1.165, 1.54) is 11.6 Å². The van der Waals surface area contributed by atoms with Crippen molar-refractivity contribution in [2.24, 2.45) is 0 Å². The molecule has 0 fully saturated rings. The number of carbonyl (C=O) groups is 1. The van der Waals surface area contributed by atoms with Gasteiger partial charge in [0.25, 0.3) is 0 Å². The van der Waals surface area contributed by atoms with Crippen LogP contribution in [0.4, 0.5) is 17.6 Å². The van der Waals surface area contributed by atoms with E-state index in [9.17, 15) is 22.4 Å². The van der Waals surface area contributed by atoms with Gasteiger partial charge in [-0.3, -0.25) is 4.39 Å². The molecule has 0 atom stereocenters. The first-order valence-corrected chi connectivity index (χ1v) is 7.12. The van der Waals surface area contributed by atoms with Crippen molar-refractivity contribution in [1.29, 1.82) is 0 Å². The van der Waals surface area contributed by atoms with Crippen molar-refractivity contribution in [2.75, 3.05) is 7.18 Å². The van der Waals surface area contributed by atoms with Gasteiger partial charge in [-0.15, -0.1) is 0 Å². The third-order valence-electron chi connectivity index (χ3n) is 2.84. The van der Waals surface area contributed by atoms with Crippen LogP contribution < -0.4 is 0 Å². The Labute approximate surface area is 139 Å². The number of carbonyl (C=O) groups excluding carboxylic acids is 1. The second kappa shape index (κ2) is 12.0. The Bertz CT molecular complexity index is 592. The van der Waals surface area contributed by atoms with Gasteiger partial charge in [0.2, 0.25) is 0 Å². The molecule has 0 bridgehead atoms. The van der Waals surface area contributed by atoms with E-state index in [4.69, 9.17) is 0 Å². The highest BCUT2D eigenvalue weighted by atomic mass is 19.4. The average Bonchev–Trinajstić information content (AvgIpc) is 2.62. The molecule has 0 N–H and O–H groups in total. The smallest absolute Gasteiger partial charge is 0.303 e. The summed E-state index contributed by atoms with van der Waals surface area (Å²) in [7, 11) is 0.500. The summed E-state index contributed by atoms with van der Waals surface area (Å²) in [5.74, 6) is 0. The fourth-order valence-electron chi connectivity index (χ4n) is 1.72. The largest absolute Gasteiger partial charge is 0.416 e. The van der Waals surface area contributed by atoms with Crippen LogP contribution in [0.15, 0.2) is 61.2 Å². The fraction of sp³-hybridized carbons (Fsp3) is 0.211. The summed E-state index contributed by atoms with van der Waals surface area (Å²) >= 11 is 0. The van der Waals surface area contributed by atoms with Crippen LogP contribution in [-0.2, 0) is 17.4 Å². The molecule has 0 aliphatic heterocycles. The van der Waals surface area contributed by atoms with Crippen molar-refractivity contribution in [2.45, 2.75) is 19.0 Å². The lowest BCUT2D eigenvalue weighted by Gasteiger charge is -2.07. The summed E-state index contributed by atoms with van der Waals surface area (Å²) in [6, 6.07) is 15.1. The van der Waals surface area contributed by atoms with Crippen molar-refractivity contribution in [1.82, 2.24) is 0 Å². The Kier molecular flexibility index (Phi) is 10.8. The molecule has 5 heteroatoms. The normalized spacial score (nSPS) is 9.71. The van der Waals surface area contributed by atoms with Gasteiger partial charge in [0, 0.05) is 6.42 Å². The Hall–Kier alpha value is -2.43. The first-order valence-electron chi connectivity index (χ1n) is 7.12. The Morgan fingerprint density at radius 2 is 1.62 bits per heavy atom. The molecule has 0 aromatic heterocycles. The first kappa shape index (κ1) is 21.6. The molecule has 0 amide bonds. The maximum Gasteiger partial charge on any atom is 0.416 e. The molecule has 130 valence electrons. The maximum atomic E-state index is 12.2. The number of alkyl halides is 4. The summed E-state index contributed by atoms with van der Waals surface area (Å²) in [5, 5.41) is 0. The molecule has 0 saturated carbocycles. The standard InChI is InChI=1S/C10H9F3O.C8H8.CH3F/c11-10(12,13)9-5-1-3-8(7-9)4-2-6-14;1-2-8-6-4-3-5-7-8;1-2/h1,3,5-7H,2,4H2;2-7H,1H2;1H3. The van der Waals surface area contributed by atoms with Crippen LogP contribution in [0.2, 0.25) is 0 Å². The van der Waals surface area contributed by atoms with Gasteiger partial charge in [-0.2, -0.15) is 13.2 Å². The highest BCUT2D eigenvalue weighted by Gasteiger charge is 2.30. The zero-order chi connectivity index (χ0) is 18.4. The van der Waals surface area contributed by atoms with Gasteiger partial charge in [-0.1, -0.05) is 61.2 Å². The van der Waals surface area contributed by atoms with E-state index >= 15 is 0 Å². The van der Waals surface area contributed by atoms with Crippen LogP contribution in [0.5, 0.6) is 0 Å². The zero-order valence-corrected chi connectivity index (χ0v) is 13.4. The molecule has 0 unspecified atom stereocenters. The summed E-state index contributed by atoms with van der Waals surface area (Å²) in [5.41, 5.74) is 1.04. The number of aldehydes is 1. The number of halogens is 4. The summed E-state index contributed by atoms with van der Waals surface area (Å²) in [6.45, 7) is 3.63. The highest BCUT2D eigenvalue weighted by molar-refractivity contribution is 5.50. The molecule has 0 heterocycles. The Morgan fingerprint density at radius 3 is 2.08 bits per heavy atom. The van der Waals surface area contributed by atoms with E-state index in [1.807, 2.05) is 36.4 Å². The van der Waals surface area contributed by atoms with Gasteiger partial charge in [-0.05, 0) is 23.6 Å². The summed E-state index contributed by atoms with van der Waals surface area (Å²) < 4.78 is 46.2. The first-order chi connectivity index (χ1) is 11.5. The van der Waals surface area contributed by atoms with Gasteiger partial charge < -0.3 is 4.79 Å². The number of hydrogen-bond acceptors (Lipinski definition) is 1. The van der Waals surface area contributed by atoms with Gasteiger partial charge >= 0.3 is 6.18 Å². The molecule has 0 aliphatic rings. The third-order valence-corrected chi connectivity index (χ3v) is 2.84. The lowest BCUT2D eigenvalue weighted by atomic mass is 10.1. The molecule has 0 spiro atoms.